The van der Waals surface area contributed by atoms with Gasteiger partial charge in [-0.15, -0.1) is 0 Å². The molecule has 2 aromatic rings. The second-order valence-electron chi connectivity index (χ2n) is 8.60. The zero-order valence-electron chi connectivity index (χ0n) is 17.7. The highest BCUT2D eigenvalue weighted by molar-refractivity contribution is 5.87. The van der Waals surface area contributed by atoms with E-state index in [1.165, 1.54) is 12.5 Å². The maximum absolute atomic E-state index is 14.9. The molecule has 0 nitrogen and oxygen atoms in total. The summed E-state index contributed by atoms with van der Waals surface area (Å²) in [5, 5.41) is 1.10. The van der Waals surface area contributed by atoms with Crippen LogP contribution in [0.1, 0.15) is 82.8 Å². The number of hydrogen-bond acceptors (Lipinski definition) is 0. The number of benzene rings is 2. The first kappa shape index (κ1) is 21.9. The van der Waals surface area contributed by atoms with Crippen LogP contribution >= 0.6 is 0 Å². The van der Waals surface area contributed by atoms with Crippen LogP contribution in [0.15, 0.2) is 36.2 Å². The minimum Gasteiger partial charge on any atom is -0.208 e. The number of allylic oxidation sites excluding steroid dienone is 1. The molecule has 3 heteroatoms. The monoisotopic (exact) mass is 402 g/mol. The van der Waals surface area contributed by atoms with Crippen molar-refractivity contribution in [2.24, 2.45) is 11.8 Å². The summed E-state index contributed by atoms with van der Waals surface area (Å²) in [5.74, 6) is -1.31. The van der Waals surface area contributed by atoms with Gasteiger partial charge in [0, 0.05) is 16.9 Å². The Labute approximate surface area is 173 Å². The molecule has 1 aliphatic rings. The average molecular weight is 403 g/mol. The zero-order valence-corrected chi connectivity index (χ0v) is 17.7. The summed E-state index contributed by atoms with van der Waals surface area (Å²) >= 11 is 0. The molecule has 0 aromatic heterocycles. The number of aryl methyl sites for hydroxylation is 1. The van der Waals surface area contributed by atoms with Crippen LogP contribution in [-0.2, 0) is 6.42 Å². The fourth-order valence-electron chi connectivity index (χ4n) is 4.66. The van der Waals surface area contributed by atoms with E-state index in [2.05, 4.69) is 13.8 Å². The van der Waals surface area contributed by atoms with Gasteiger partial charge in [-0.3, -0.25) is 0 Å². The van der Waals surface area contributed by atoms with E-state index in [-0.39, 0.29) is 17.3 Å². The predicted octanol–water partition coefficient (Wildman–Crippen LogP) is 8.93. The minimum atomic E-state index is -0.779. The third kappa shape index (κ3) is 5.24. The number of unbranched alkanes of at least 4 members (excludes halogenated alkanes) is 2. The molecular weight excluding hydrogens is 369 g/mol. The van der Waals surface area contributed by atoms with E-state index in [0.717, 1.165) is 38.5 Å². The Morgan fingerprint density at radius 1 is 0.931 bits per heavy atom. The molecule has 0 spiro atoms. The van der Waals surface area contributed by atoms with Crippen molar-refractivity contribution >= 4 is 16.6 Å². The van der Waals surface area contributed by atoms with Gasteiger partial charge in [-0.05, 0) is 61.5 Å². The highest BCUT2D eigenvalue weighted by atomic mass is 19.2. The highest BCUT2D eigenvalue weighted by Crippen LogP contribution is 2.39. The SMILES string of the molecule is CCCCCc1ccc2cc(C(F)=C(F)C3CCC(CCC)CC3)ccc2c1F. The van der Waals surface area contributed by atoms with Crippen molar-refractivity contribution in [1.29, 1.82) is 0 Å². The largest absolute Gasteiger partial charge is 0.208 e. The third-order valence-electron chi connectivity index (χ3n) is 6.45. The average Bonchev–Trinajstić information content (AvgIpc) is 2.75. The van der Waals surface area contributed by atoms with E-state index in [9.17, 15) is 13.2 Å². The van der Waals surface area contributed by atoms with Gasteiger partial charge in [-0.25, -0.2) is 13.2 Å². The summed E-state index contributed by atoms with van der Waals surface area (Å²) in [7, 11) is 0. The van der Waals surface area contributed by atoms with E-state index in [1.807, 2.05) is 6.07 Å². The summed E-state index contributed by atoms with van der Waals surface area (Å²) in [6, 6.07) is 8.29. The van der Waals surface area contributed by atoms with Crippen molar-refractivity contribution in [1.82, 2.24) is 0 Å². The lowest BCUT2D eigenvalue weighted by Crippen LogP contribution is -2.15. The summed E-state index contributed by atoms with van der Waals surface area (Å²) < 4.78 is 44.5. The summed E-state index contributed by atoms with van der Waals surface area (Å²) in [6.07, 6.45) is 9.54. The fraction of sp³-hybridized carbons (Fsp3) is 0.538. The van der Waals surface area contributed by atoms with Gasteiger partial charge in [-0.1, -0.05) is 63.8 Å². The van der Waals surface area contributed by atoms with Crippen molar-refractivity contribution in [2.45, 2.75) is 78.1 Å². The zero-order chi connectivity index (χ0) is 20.8. The van der Waals surface area contributed by atoms with Crippen molar-refractivity contribution in [2.75, 3.05) is 0 Å². The topological polar surface area (TPSA) is 0 Å². The quantitative estimate of drug-likeness (QED) is 0.387. The second kappa shape index (κ2) is 10.3. The Morgan fingerprint density at radius 2 is 1.69 bits per heavy atom. The molecule has 1 aliphatic carbocycles. The van der Waals surface area contributed by atoms with Gasteiger partial charge >= 0.3 is 0 Å². The maximum Gasteiger partial charge on any atom is 0.162 e. The number of hydrogen-bond donors (Lipinski definition) is 0. The van der Waals surface area contributed by atoms with Crippen molar-refractivity contribution < 1.29 is 13.2 Å². The van der Waals surface area contributed by atoms with Gasteiger partial charge in [-0.2, -0.15) is 0 Å². The number of halogens is 3. The minimum absolute atomic E-state index is 0.212. The Morgan fingerprint density at radius 3 is 2.38 bits per heavy atom. The molecule has 0 N–H and O–H groups in total. The molecule has 0 radical (unpaired) electrons. The van der Waals surface area contributed by atoms with Crippen LogP contribution < -0.4 is 0 Å². The molecule has 0 aliphatic heterocycles. The molecule has 0 bridgehead atoms. The van der Waals surface area contributed by atoms with Gasteiger partial charge in [0.25, 0.3) is 0 Å². The molecule has 0 atom stereocenters. The summed E-state index contributed by atoms with van der Waals surface area (Å²) in [4.78, 5) is 0. The molecule has 2 aromatic carbocycles. The number of fused-ring (bicyclic) bond motifs is 1. The van der Waals surface area contributed by atoms with E-state index in [4.69, 9.17) is 0 Å². The first-order chi connectivity index (χ1) is 14.0. The third-order valence-corrected chi connectivity index (χ3v) is 6.45. The first-order valence-electron chi connectivity index (χ1n) is 11.3. The van der Waals surface area contributed by atoms with Gasteiger partial charge in [0.05, 0.1) is 0 Å². The summed E-state index contributed by atoms with van der Waals surface area (Å²) in [6.45, 7) is 4.29. The van der Waals surface area contributed by atoms with Crippen molar-refractivity contribution in [3.05, 3.63) is 53.1 Å². The molecule has 1 fully saturated rings. The lowest BCUT2D eigenvalue weighted by atomic mass is 9.79. The van der Waals surface area contributed by atoms with E-state index in [0.29, 0.717) is 41.5 Å². The van der Waals surface area contributed by atoms with E-state index >= 15 is 0 Å². The molecule has 0 saturated heterocycles. The Balaban J connectivity index is 1.78. The fourth-order valence-corrected chi connectivity index (χ4v) is 4.66. The standard InChI is InChI=1S/C26H33F3/c1-3-5-6-8-19-13-14-21-17-22(15-16-23(21)24(19)27)26(29)25(28)20-11-9-18(7-4-2)10-12-20/h13-18,20H,3-12H2,1-2H3. The van der Waals surface area contributed by atoms with Crippen LogP contribution in [0.4, 0.5) is 13.2 Å². The Kier molecular flexibility index (Phi) is 7.80. The molecule has 0 unspecified atom stereocenters. The maximum atomic E-state index is 14.9. The second-order valence-corrected chi connectivity index (χ2v) is 8.60. The van der Waals surface area contributed by atoms with Crippen LogP contribution in [0.2, 0.25) is 0 Å². The molecular formula is C26H33F3. The highest BCUT2D eigenvalue weighted by Gasteiger charge is 2.26. The van der Waals surface area contributed by atoms with Crippen LogP contribution in [0, 0.1) is 17.7 Å². The van der Waals surface area contributed by atoms with Gasteiger partial charge in [0.2, 0.25) is 0 Å². The van der Waals surface area contributed by atoms with Crippen LogP contribution in [0.5, 0.6) is 0 Å². The molecule has 29 heavy (non-hydrogen) atoms. The molecule has 1 saturated carbocycles. The summed E-state index contributed by atoms with van der Waals surface area (Å²) in [5.41, 5.74) is 0.911. The van der Waals surface area contributed by atoms with Gasteiger partial charge in [0.15, 0.2) is 5.83 Å². The van der Waals surface area contributed by atoms with Crippen LogP contribution in [0.3, 0.4) is 0 Å². The van der Waals surface area contributed by atoms with Gasteiger partial charge < -0.3 is 0 Å². The van der Waals surface area contributed by atoms with E-state index in [1.54, 1.807) is 18.2 Å². The Hall–Kier alpha value is -1.77. The van der Waals surface area contributed by atoms with Crippen molar-refractivity contribution in [3.63, 3.8) is 0 Å². The predicted molar refractivity (Wildman–Crippen MR) is 117 cm³/mol. The molecule has 0 heterocycles. The van der Waals surface area contributed by atoms with Gasteiger partial charge in [0.1, 0.15) is 11.6 Å². The van der Waals surface area contributed by atoms with Crippen LogP contribution in [-0.4, -0.2) is 0 Å². The molecule has 158 valence electrons. The molecule has 3 rings (SSSR count). The van der Waals surface area contributed by atoms with Crippen molar-refractivity contribution in [3.8, 4) is 0 Å². The van der Waals surface area contributed by atoms with E-state index < -0.39 is 11.7 Å². The lowest BCUT2D eigenvalue weighted by molar-refractivity contribution is 0.261. The number of rotatable bonds is 8. The Bertz CT molecular complexity index is 844. The lowest BCUT2D eigenvalue weighted by Gasteiger charge is -2.27. The normalized spacial score (nSPS) is 20.7. The smallest absolute Gasteiger partial charge is 0.162 e. The van der Waals surface area contributed by atoms with Crippen LogP contribution in [0.25, 0.3) is 16.6 Å². The first-order valence-corrected chi connectivity index (χ1v) is 11.3. The molecule has 0 amide bonds.